The molecule has 1 aromatic heterocycles. The van der Waals surface area contributed by atoms with Crippen LogP contribution in [0.5, 0.6) is 0 Å². The van der Waals surface area contributed by atoms with Crippen molar-refractivity contribution < 1.29 is 9.53 Å². The van der Waals surface area contributed by atoms with Crippen LogP contribution < -0.4 is 5.73 Å². The summed E-state index contributed by atoms with van der Waals surface area (Å²) in [6, 6.07) is 0. The van der Waals surface area contributed by atoms with Gasteiger partial charge in [-0.25, -0.2) is 4.98 Å². The van der Waals surface area contributed by atoms with E-state index in [9.17, 15) is 4.79 Å². The quantitative estimate of drug-likeness (QED) is 0.922. The summed E-state index contributed by atoms with van der Waals surface area (Å²) in [6.45, 7) is 5.73. The van der Waals surface area contributed by atoms with Gasteiger partial charge in [0.2, 0.25) is 0 Å². The number of nitrogens with zero attached hydrogens (tertiary/aromatic N) is 2. The van der Waals surface area contributed by atoms with Gasteiger partial charge in [0, 0.05) is 25.0 Å². The number of halogens is 1. The van der Waals surface area contributed by atoms with Crippen molar-refractivity contribution in [2.45, 2.75) is 39.0 Å². The van der Waals surface area contributed by atoms with Crippen LogP contribution in [-0.2, 0) is 11.3 Å². The van der Waals surface area contributed by atoms with Crippen LogP contribution >= 0.6 is 23.7 Å². The average molecular weight is 306 g/mol. The van der Waals surface area contributed by atoms with Gasteiger partial charge in [-0.15, -0.1) is 23.7 Å². The van der Waals surface area contributed by atoms with Crippen LogP contribution in [0.3, 0.4) is 0 Å². The molecule has 0 saturated carbocycles. The topological polar surface area (TPSA) is 68.5 Å². The average Bonchev–Trinajstić information content (AvgIpc) is 2.85. The number of thiazole rings is 1. The van der Waals surface area contributed by atoms with Crippen molar-refractivity contribution in [1.82, 2.24) is 9.88 Å². The molecule has 2 unspecified atom stereocenters. The van der Waals surface area contributed by atoms with Crippen LogP contribution in [-0.4, -0.2) is 41.1 Å². The Morgan fingerprint density at radius 1 is 1.63 bits per heavy atom. The number of amides is 1. The van der Waals surface area contributed by atoms with Crippen molar-refractivity contribution in [2.24, 2.45) is 5.73 Å². The zero-order valence-electron chi connectivity index (χ0n) is 11.2. The largest absolute Gasteiger partial charge is 0.372 e. The van der Waals surface area contributed by atoms with Gasteiger partial charge in [0.15, 0.2) is 0 Å². The molecule has 1 aliphatic rings. The third kappa shape index (κ3) is 3.89. The number of carbonyl (C=O) groups excluding carboxylic acids is 1. The van der Waals surface area contributed by atoms with Gasteiger partial charge >= 0.3 is 0 Å². The van der Waals surface area contributed by atoms with Crippen molar-refractivity contribution in [3.8, 4) is 0 Å². The first kappa shape index (κ1) is 16.4. The molecule has 2 rings (SSSR count). The Labute approximate surface area is 123 Å². The van der Waals surface area contributed by atoms with E-state index in [0.29, 0.717) is 25.3 Å². The molecule has 19 heavy (non-hydrogen) atoms. The predicted octanol–water partition coefficient (Wildman–Crippen LogP) is 1.66. The van der Waals surface area contributed by atoms with Gasteiger partial charge in [-0.1, -0.05) is 6.92 Å². The Balaban J connectivity index is 0.00000180. The lowest BCUT2D eigenvalue weighted by atomic mass is 10.1. The number of nitrogens with two attached hydrogens (primary N) is 1. The molecule has 2 atom stereocenters. The highest BCUT2D eigenvalue weighted by molar-refractivity contribution is 7.09. The molecular weight excluding hydrogens is 286 g/mol. The standard InChI is InChI=1S/C12H19N3O2S.ClH/c1-3-9-6-15(5-8(2)17-9)12(16)10-7-18-11(4-13)14-10;/h7-9H,3-6,13H2,1-2H3;1H. The number of hydrogen-bond acceptors (Lipinski definition) is 5. The normalized spacial score (nSPS) is 23.0. The van der Waals surface area contributed by atoms with Crippen molar-refractivity contribution in [1.29, 1.82) is 0 Å². The van der Waals surface area contributed by atoms with E-state index in [1.54, 1.807) is 5.38 Å². The SMILES string of the molecule is CCC1CN(C(=O)c2csc(CN)n2)CC(C)O1.Cl. The molecule has 0 aromatic carbocycles. The Bertz CT molecular complexity index is 427. The summed E-state index contributed by atoms with van der Waals surface area (Å²) in [5.41, 5.74) is 6.01. The first-order valence-electron chi connectivity index (χ1n) is 6.23. The molecule has 0 aliphatic carbocycles. The van der Waals surface area contributed by atoms with Crippen LogP contribution in [0.1, 0.15) is 35.8 Å². The molecule has 1 aliphatic heterocycles. The number of aromatic nitrogens is 1. The van der Waals surface area contributed by atoms with Crippen LogP contribution in [0.4, 0.5) is 0 Å². The van der Waals surface area contributed by atoms with Gasteiger partial charge in [-0.05, 0) is 13.3 Å². The maximum atomic E-state index is 12.3. The monoisotopic (exact) mass is 305 g/mol. The molecule has 1 saturated heterocycles. The van der Waals surface area contributed by atoms with Gasteiger partial charge in [-0.3, -0.25) is 4.79 Å². The van der Waals surface area contributed by atoms with E-state index in [2.05, 4.69) is 11.9 Å². The second-order valence-corrected chi connectivity index (χ2v) is 5.46. The Morgan fingerprint density at radius 3 is 2.95 bits per heavy atom. The Morgan fingerprint density at radius 2 is 2.37 bits per heavy atom. The zero-order chi connectivity index (χ0) is 13.1. The maximum absolute atomic E-state index is 12.3. The van der Waals surface area contributed by atoms with Crippen LogP contribution in [0.25, 0.3) is 0 Å². The third-order valence-electron chi connectivity index (χ3n) is 3.01. The summed E-state index contributed by atoms with van der Waals surface area (Å²) < 4.78 is 5.75. The van der Waals surface area contributed by atoms with Crippen molar-refractivity contribution in [3.05, 3.63) is 16.1 Å². The molecule has 0 spiro atoms. The lowest BCUT2D eigenvalue weighted by molar-refractivity contribution is -0.0682. The lowest BCUT2D eigenvalue weighted by Gasteiger charge is -2.36. The highest BCUT2D eigenvalue weighted by Crippen LogP contribution is 2.17. The highest BCUT2D eigenvalue weighted by atomic mass is 35.5. The fourth-order valence-electron chi connectivity index (χ4n) is 2.10. The molecule has 5 nitrogen and oxygen atoms in total. The number of ether oxygens (including phenoxy) is 1. The zero-order valence-corrected chi connectivity index (χ0v) is 12.8. The molecular formula is C12H20ClN3O2S. The number of morpholine rings is 1. The summed E-state index contributed by atoms with van der Waals surface area (Å²) >= 11 is 1.43. The van der Waals surface area contributed by atoms with E-state index in [4.69, 9.17) is 10.5 Å². The second-order valence-electron chi connectivity index (χ2n) is 4.52. The van der Waals surface area contributed by atoms with E-state index >= 15 is 0 Å². The summed E-state index contributed by atoms with van der Waals surface area (Å²) in [4.78, 5) is 18.4. The van der Waals surface area contributed by atoms with Gasteiger partial charge in [0.05, 0.1) is 12.2 Å². The molecule has 1 amide bonds. The Kier molecular flexibility index (Phi) is 6.19. The molecule has 2 N–H and O–H groups in total. The first-order chi connectivity index (χ1) is 8.63. The molecule has 1 aromatic rings. The van der Waals surface area contributed by atoms with E-state index in [1.807, 2.05) is 11.8 Å². The maximum Gasteiger partial charge on any atom is 0.273 e. The second kappa shape index (κ2) is 7.19. The van der Waals surface area contributed by atoms with E-state index < -0.39 is 0 Å². The first-order valence-corrected chi connectivity index (χ1v) is 7.11. The number of carbonyl (C=O) groups is 1. The molecule has 0 bridgehead atoms. The summed E-state index contributed by atoms with van der Waals surface area (Å²) in [5, 5.41) is 2.58. The van der Waals surface area contributed by atoms with Crippen molar-refractivity contribution in [2.75, 3.05) is 13.1 Å². The van der Waals surface area contributed by atoms with E-state index in [-0.39, 0.29) is 30.5 Å². The fraction of sp³-hybridized carbons (Fsp3) is 0.667. The highest BCUT2D eigenvalue weighted by Gasteiger charge is 2.28. The molecule has 0 radical (unpaired) electrons. The summed E-state index contributed by atoms with van der Waals surface area (Å²) in [7, 11) is 0. The minimum atomic E-state index is -0.0143. The summed E-state index contributed by atoms with van der Waals surface area (Å²) in [5.74, 6) is -0.0143. The van der Waals surface area contributed by atoms with Gasteiger partial charge in [0.1, 0.15) is 10.7 Å². The van der Waals surface area contributed by atoms with Crippen LogP contribution in [0.2, 0.25) is 0 Å². The molecule has 1 fully saturated rings. The predicted molar refractivity (Wildman–Crippen MR) is 77.8 cm³/mol. The fourth-order valence-corrected chi connectivity index (χ4v) is 2.75. The van der Waals surface area contributed by atoms with E-state index in [0.717, 1.165) is 11.4 Å². The van der Waals surface area contributed by atoms with Gasteiger partial charge in [-0.2, -0.15) is 0 Å². The minimum absolute atomic E-state index is 0. The van der Waals surface area contributed by atoms with Crippen LogP contribution in [0, 0.1) is 0 Å². The van der Waals surface area contributed by atoms with Crippen molar-refractivity contribution in [3.63, 3.8) is 0 Å². The van der Waals surface area contributed by atoms with Crippen molar-refractivity contribution >= 4 is 29.7 Å². The molecule has 108 valence electrons. The molecule has 2 heterocycles. The summed E-state index contributed by atoms with van der Waals surface area (Å²) in [6.07, 6.45) is 1.13. The third-order valence-corrected chi connectivity index (χ3v) is 3.89. The van der Waals surface area contributed by atoms with Gasteiger partial charge in [0.25, 0.3) is 5.91 Å². The van der Waals surface area contributed by atoms with Crippen LogP contribution in [0.15, 0.2) is 5.38 Å². The minimum Gasteiger partial charge on any atom is -0.372 e. The number of rotatable bonds is 3. The number of hydrogen-bond donors (Lipinski definition) is 1. The smallest absolute Gasteiger partial charge is 0.273 e. The Hall–Kier alpha value is -0.690. The molecule has 7 heteroatoms. The van der Waals surface area contributed by atoms with Gasteiger partial charge < -0.3 is 15.4 Å². The van der Waals surface area contributed by atoms with E-state index in [1.165, 1.54) is 11.3 Å². The lowest BCUT2D eigenvalue weighted by Crippen LogP contribution is -2.49.